The Bertz CT molecular complexity index is 1040. The molecular weight excluding hydrogens is 464 g/mol. The van der Waals surface area contributed by atoms with E-state index in [-0.39, 0.29) is 30.3 Å². The minimum atomic E-state index is -0.923. The summed E-state index contributed by atoms with van der Waals surface area (Å²) < 4.78 is 4.44. The molecular formula is C24H25ClN2O5S. The predicted molar refractivity (Wildman–Crippen MR) is 126 cm³/mol. The van der Waals surface area contributed by atoms with Gasteiger partial charge in [-0.3, -0.25) is 14.4 Å². The summed E-state index contributed by atoms with van der Waals surface area (Å²) in [5.74, 6) is -2.33. The number of aliphatic hydroxyl groups is 1. The van der Waals surface area contributed by atoms with Gasteiger partial charge in [-0.1, -0.05) is 42.8 Å². The van der Waals surface area contributed by atoms with Gasteiger partial charge in [0.2, 0.25) is 5.91 Å². The lowest BCUT2D eigenvalue weighted by atomic mass is 9.78. The molecule has 1 aromatic carbocycles. The van der Waals surface area contributed by atoms with E-state index in [4.69, 9.17) is 16.3 Å². The van der Waals surface area contributed by atoms with Crippen LogP contribution < -0.4 is 4.90 Å². The van der Waals surface area contributed by atoms with E-state index in [1.54, 1.807) is 35.2 Å². The third kappa shape index (κ3) is 3.33. The Balaban J connectivity index is 1.65. The second-order valence-corrected chi connectivity index (χ2v) is 10.6. The molecule has 4 heterocycles. The number of aliphatic hydroxyl groups excluding tert-OH is 1. The van der Waals surface area contributed by atoms with Crippen LogP contribution in [0.25, 0.3) is 0 Å². The smallest absolute Gasteiger partial charge is 0.311 e. The van der Waals surface area contributed by atoms with Gasteiger partial charge in [0, 0.05) is 22.5 Å². The number of thioether (sulfide) groups is 1. The number of benzene rings is 1. The van der Waals surface area contributed by atoms with Crippen molar-refractivity contribution in [3.8, 4) is 0 Å². The number of cyclic esters (lactones) is 1. The average molecular weight is 489 g/mol. The summed E-state index contributed by atoms with van der Waals surface area (Å²) in [4.78, 5) is 44.1. The summed E-state index contributed by atoms with van der Waals surface area (Å²) in [7, 11) is 0. The molecule has 5 rings (SSSR count). The number of carbonyl (C=O) groups excluding carboxylic acids is 3. The highest BCUT2D eigenvalue weighted by Crippen LogP contribution is 2.61. The summed E-state index contributed by atoms with van der Waals surface area (Å²) in [6.45, 7) is 2.13. The molecule has 2 amide bonds. The third-order valence-electron chi connectivity index (χ3n) is 7.07. The van der Waals surface area contributed by atoms with Gasteiger partial charge in [-0.25, -0.2) is 0 Å². The van der Waals surface area contributed by atoms with Crippen molar-refractivity contribution in [3.63, 3.8) is 0 Å². The molecule has 0 aliphatic carbocycles. The number of rotatable bonds is 4. The van der Waals surface area contributed by atoms with Crippen LogP contribution in [0, 0.1) is 11.8 Å². The van der Waals surface area contributed by atoms with E-state index < -0.39 is 34.6 Å². The molecule has 174 valence electrons. The number of ether oxygens (including phenoxy) is 1. The number of likely N-dealkylation sites (tertiary alicyclic amines) is 1. The molecule has 2 saturated heterocycles. The fourth-order valence-corrected chi connectivity index (χ4v) is 7.68. The van der Waals surface area contributed by atoms with Crippen molar-refractivity contribution in [2.24, 2.45) is 11.8 Å². The van der Waals surface area contributed by atoms with Crippen LogP contribution in [-0.2, 0) is 19.1 Å². The maximum atomic E-state index is 14.1. The number of fused-ring (bicyclic) bond motifs is 2. The third-order valence-corrected chi connectivity index (χ3v) is 9.06. The van der Waals surface area contributed by atoms with Crippen molar-refractivity contribution in [1.29, 1.82) is 0 Å². The molecule has 1 aromatic rings. The minimum Gasteiger partial charge on any atom is -0.461 e. The number of amides is 2. The van der Waals surface area contributed by atoms with Gasteiger partial charge in [-0.15, -0.1) is 11.8 Å². The molecule has 0 bridgehead atoms. The molecule has 2 fully saturated rings. The first kappa shape index (κ1) is 22.5. The van der Waals surface area contributed by atoms with E-state index in [9.17, 15) is 19.5 Å². The van der Waals surface area contributed by atoms with E-state index in [0.29, 0.717) is 23.7 Å². The molecule has 7 nitrogen and oxygen atoms in total. The number of carbonyl (C=O) groups is 3. The number of nitrogens with zero attached hydrogens (tertiary/aromatic N) is 2. The second-order valence-electron chi connectivity index (χ2n) is 8.72. The van der Waals surface area contributed by atoms with Crippen molar-refractivity contribution in [2.75, 3.05) is 24.7 Å². The summed E-state index contributed by atoms with van der Waals surface area (Å²) in [6, 6.07) is 5.63. The van der Waals surface area contributed by atoms with Crippen LogP contribution in [0.4, 0.5) is 5.69 Å². The topological polar surface area (TPSA) is 87.2 Å². The van der Waals surface area contributed by atoms with Crippen LogP contribution in [0.15, 0.2) is 48.6 Å². The summed E-state index contributed by atoms with van der Waals surface area (Å²) in [5.41, 5.74) is 0.676. The van der Waals surface area contributed by atoms with Crippen molar-refractivity contribution < 1.29 is 24.2 Å². The van der Waals surface area contributed by atoms with Gasteiger partial charge in [-0.05, 0) is 30.7 Å². The van der Waals surface area contributed by atoms with E-state index in [1.165, 1.54) is 16.7 Å². The first-order valence-corrected chi connectivity index (χ1v) is 12.4. The van der Waals surface area contributed by atoms with Gasteiger partial charge in [0.15, 0.2) is 0 Å². The fourth-order valence-electron chi connectivity index (χ4n) is 5.57. The molecule has 0 aromatic heterocycles. The molecule has 0 saturated carbocycles. The monoisotopic (exact) mass is 488 g/mol. The van der Waals surface area contributed by atoms with E-state index in [1.807, 2.05) is 25.2 Å². The van der Waals surface area contributed by atoms with Crippen molar-refractivity contribution in [3.05, 3.63) is 53.6 Å². The highest BCUT2D eigenvalue weighted by Gasteiger charge is 2.71. The van der Waals surface area contributed by atoms with E-state index >= 15 is 0 Å². The van der Waals surface area contributed by atoms with Gasteiger partial charge in [0.05, 0.1) is 29.2 Å². The first-order valence-electron chi connectivity index (χ1n) is 11.1. The molecule has 33 heavy (non-hydrogen) atoms. The first-order chi connectivity index (χ1) is 15.9. The maximum absolute atomic E-state index is 14.1. The number of esters is 1. The number of hydrogen-bond donors (Lipinski definition) is 1. The Labute approximate surface area is 201 Å². The van der Waals surface area contributed by atoms with Crippen LogP contribution in [0.2, 0.25) is 5.02 Å². The van der Waals surface area contributed by atoms with Crippen LogP contribution in [0.3, 0.4) is 0 Å². The zero-order valence-electron chi connectivity index (χ0n) is 18.1. The van der Waals surface area contributed by atoms with E-state index in [2.05, 4.69) is 0 Å². The average Bonchev–Trinajstić information content (AvgIpc) is 3.11. The normalized spacial score (nSPS) is 33.8. The van der Waals surface area contributed by atoms with Crippen LogP contribution in [-0.4, -0.2) is 69.6 Å². The molecule has 4 aliphatic rings. The quantitative estimate of drug-likeness (QED) is 0.517. The lowest BCUT2D eigenvalue weighted by Crippen LogP contribution is -2.56. The highest BCUT2D eigenvalue weighted by molar-refractivity contribution is 8.02. The second kappa shape index (κ2) is 8.49. The van der Waals surface area contributed by atoms with Gasteiger partial charge in [-0.2, -0.15) is 0 Å². The van der Waals surface area contributed by atoms with Gasteiger partial charge in [0.25, 0.3) is 5.91 Å². The summed E-state index contributed by atoms with van der Waals surface area (Å²) in [5, 5.41) is 10.4. The lowest BCUT2D eigenvalue weighted by Gasteiger charge is -2.38. The standard InChI is InChI=1S/C24H25ClN2O5S/c1-2-15(13-28)27-20-22(30)26(16-8-6-14(25)7-9-16)11-4-10-24(20)19(21(27)29)18-17(33-24)5-3-12-32-23(18)31/h3-10,15,17-20,28H,2,11-13H2,1H3/t15-,17+,18-,19-,20?,24-/m0/s1. The minimum absolute atomic E-state index is 0.181. The lowest BCUT2D eigenvalue weighted by molar-refractivity contribution is -0.152. The Morgan fingerprint density at radius 1 is 1.21 bits per heavy atom. The molecule has 1 N–H and O–H groups in total. The van der Waals surface area contributed by atoms with Crippen molar-refractivity contribution >= 4 is 46.8 Å². The Morgan fingerprint density at radius 2 is 1.97 bits per heavy atom. The molecule has 9 heteroatoms. The van der Waals surface area contributed by atoms with Crippen LogP contribution >= 0.6 is 23.4 Å². The SMILES string of the molecule is CC[C@@H](CO)N1C(=O)[C@@H]2[C@H]3C(=O)OCC=C[C@H]3S[C@@]23C=CCN(c2ccc(Cl)cc2)C(=O)C13. The Morgan fingerprint density at radius 3 is 2.67 bits per heavy atom. The Hall–Kier alpha value is -2.29. The summed E-state index contributed by atoms with van der Waals surface area (Å²) >= 11 is 7.54. The number of hydrogen-bond acceptors (Lipinski definition) is 6. The van der Waals surface area contributed by atoms with Crippen molar-refractivity contribution in [1.82, 2.24) is 4.90 Å². The van der Waals surface area contributed by atoms with Gasteiger partial charge < -0.3 is 19.6 Å². The highest BCUT2D eigenvalue weighted by atomic mass is 35.5. The maximum Gasteiger partial charge on any atom is 0.311 e. The predicted octanol–water partition coefficient (Wildman–Crippen LogP) is 2.42. The molecule has 6 atom stereocenters. The Kier molecular flexibility index (Phi) is 5.79. The largest absolute Gasteiger partial charge is 0.461 e. The fraction of sp³-hybridized carbons (Fsp3) is 0.458. The van der Waals surface area contributed by atoms with Crippen LogP contribution in [0.5, 0.6) is 0 Å². The van der Waals surface area contributed by atoms with E-state index in [0.717, 1.165) is 0 Å². The zero-order chi connectivity index (χ0) is 23.3. The van der Waals surface area contributed by atoms with Crippen molar-refractivity contribution in [2.45, 2.75) is 35.4 Å². The molecule has 0 radical (unpaired) electrons. The summed E-state index contributed by atoms with van der Waals surface area (Å²) in [6.07, 6.45) is 8.06. The number of anilines is 1. The number of halogens is 1. The molecule has 4 aliphatic heterocycles. The van der Waals surface area contributed by atoms with Gasteiger partial charge >= 0.3 is 5.97 Å². The van der Waals surface area contributed by atoms with Crippen LogP contribution in [0.1, 0.15) is 13.3 Å². The molecule has 1 unspecified atom stereocenters. The zero-order valence-corrected chi connectivity index (χ0v) is 19.7. The molecule has 1 spiro atoms. The van der Waals surface area contributed by atoms with Gasteiger partial charge in [0.1, 0.15) is 12.6 Å².